The molecule has 2 aromatic rings. The lowest BCUT2D eigenvalue weighted by Gasteiger charge is -2.46. The fourth-order valence-corrected chi connectivity index (χ4v) is 5.45. The third kappa shape index (κ3) is 4.64. The Bertz CT molecular complexity index is 1170. The summed E-state index contributed by atoms with van der Waals surface area (Å²) in [6.45, 7) is 5.34. The van der Waals surface area contributed by atoms with Gasteiger partial charge in [-0.3, -0.25) is 24.3 Å². The molecule has 198 valence electrons. The smallest absolute Gasteiger partial charge is 0.332 e. The highest BCUT2D eigenvalue weighted by atomic mass is 16.5. The highest BCUT2D eigenvalue weighted by Crippen LogP contribution is 2.41. The van der Waals surface area contributed by atoms with E-state index < -0.39 is 23.3 Å². The van der Waals surface area contributed by atoms with Gasteiger partial charge in [-0.15, -0.1) is 0 Å². The molecule has 2 aromatic carbocycles. The summed E-state index contributed by atoms with van der Waals surface area (Å²) in [5, 5.41) is 0. The predicted octanol–water partition coefficient (Wildman–Crippen LogP) is 3.30. The molecule has 0 spiro atoms. The van der Waals surface area contributed by atoms with Crippen LogP contribution in [0.4, 0.5) is 4.79 Å². The first kappa shape index (κ1) is 26.5. The van der Waals surface area contributed by atoms with Gasteiger partial charge in [0.05, 0.1) is 20.8 Å². The summed E-state index contributed by atoms with van der Waals surface area (Å²) < 4.78 is 16.5. The van der Waals surface area contributed by atoms with E-state index in [1.807, 2.05) is 43.3 Å². The standard InChI is InChI=1S/C28H35N3O6/c1-7-37-21-10-8-19(9-11-21)16-28(25(32)29(3)27(34)30(4)26(28)33)17-31-13-12-20-14-23(35-5)24(36-6)15-22(20)18(31)2/h8-11,14-15,18H,7,12-13,16-17H2,1-6H3/t18-/m0/s1. The molecule has 0 bridgehead atoms. The number of rotatable bonds is 8. The maximum absolute atomic E-state index is 13.8. The quantitative estimate of drug-likeness (QED) is 0.505. The number of hydrogen-bond acceptors (Lipinski definition) is 7. The summed E-state index contributed by atoms with van der Waals surface area (Å²) in [6, 6.07) is 10.7. The first-order chi connectivity index (χ1) is 17.7. The summed E-state index contributed by atoms with van der Waals surface area (Å²) >= 11 is 0. The molecular formula is C28H35N3O6. The molecule has 2 heterocycles. The number of carbonyl (C=O) groups is 3. The fraction of sp³-hybridized carbons (Fsp3) is 0.464. The van der Waals surface area contributed by atoms with Gasteiger partial charge in [-0.1, -0.05) is 12.1 Å². The second kappa shape index (κ2) is 10.4. The van der Waals surface area contributed by atoms with Crippen molar-refractivity contribution in [2.75, 3.05) is 48.0 Å². The molecule has 0 aromatic heterocycles. The number of methoxy groups -OCH3 is 2. The Morgan fingerprint density at radius 2 is 1.54 bits per heavy atom. The van der Waals surface area contributed by atoms with E-state index in [0.29, 0.717) is 24.7 Å². The summed E-state index contributed by atoms with van der Waals surface area (Å²) in [4.78, 5) is 44.4. The maximum atomic E-state index is 13.8. The molecule has 2 aliphatic rings. The van der Waals surface area contributed by atoms with Crippen LogP contribution in [0, 0.1) is 5.41 Å². The van der Waals surface area contributed by atoms with Crippen LogP contribution >= 0.6 is 0 Å². The van der Waals surface area contributed by atoms with Gasteiger partial charge in [-0.25, -0.2) is 4.79 Å². The van der Waals surface area contributed by atoms with Crippen molar-refractivity contribution in [2.45, 2.75) is 32.7 Å². The maximum Gasteiger partial charge on any atom is 0.332 e. The second-order valence-corrected chi connectivity index (χ2v) is 9.65. The summed E-state index contributed by atoms with van der Waals surface area (Å²) in [7, 11) is 6.09. The van der Waals surface area contributed by atoms with Gasteiger partial charge in [0.1, 0.15) is 11.2 Å². The minimum atomic E-state index is -1.45. The van der Waals surface area contributed by atoms with Crippen molar-refractivity contribution >= 4 is 17.8 Å². The lowest BCUT2D eigenvalue weighted by molar-refractivity contribution is -0.159. The molecule has 0 unspecified atom stereocenters. The third-order valence-electron chi connectivity index (χ3n) is 7.53. The summed E-state index contributed by atoms with van der Waals surface area (Å²) in [5.74, 6) is 1.05. The number of hydrogen-bond donors (Lipinski definition) is 0. The minimum absolute atomic E-state index is 0.0883. The van der Waals surface area contributed by atoms with Gasteiger partial charge in [0.25, 0.3) is 0 Å². The average Bonchev–Trinajstić information content (AvgIpc) is 2.91. The highest BCUT2D eigenvalue weighted by molar-refractivity contribution is 6.19. The normalized spacial score (nSPS) is 19.6. The van der Waals surface area contributed by atoms with E-state index in [1.54, 1.807) is 14.2 Å². The molecule has 1 atom stereocenters. The Labute approximate surface area is 217 Å². The number of carbonyl (C=O) groups excluding carboxylic acids is 3. The van der Waals surface area contributed by atoms with E-state index >= 15 is 0 Å². The molecule has 4 rings (SSSR count). The fourth-order valence-electron chi connectivity index (χ4n) is 5.45. The average molecular weight is 510 g/mol. The van der Waals surface area contributed by atoms with E-state index in [4.69, 9.17) is 14.2 Å². The molecule has 0 N–H and O–H groups in total. The van der Waals surface area contributed by atoms with Crippen molar-refractivity contribution in [3.05, 3.63) is 53.1 Å². The lowest BCUT2D eigenvalue weighted by Crippen LogP contribution is -2.67. The van der Waals surface area contributed by atoms with Crippen LogP contribution in [0.5, 0.6) is 17.2 Å². The van der Waals surface area contributed by atoms with Crippen LogP contribution in [0.15, 0.2) is 36.4 Å². The first-order valence-electron chi connectivity index (χ1n) is 12.5. The summed E-state index contributed by atoms with van der Waals surface area (Å²) in [6.07, 6.45) is 0.896. The van der Waals surface area contributed by atoms with E-state index in [2.05, 4.69) is 11.8 Å². The molecule has 9 heteroatoms. The molecule has 1 fully saturated rings. The molecule has 2 aliphatic heterocycles. The van der Waals surface area contributed by atoms with Crippen LogP contribution in [0.1, 0.15) is 36.6 Å². The van der Waals surface area contributed by atoms with Crippen molar-refractivity contribution in [1.29, 1.82) is 0 Å². The van der Waals surface area contributed by atoms with Crippen LogP contribution < -0.4 is 14.2 Å². The molecule has 0 radical (unpaired) electrons. The first-order valence-corrected chi connectivity index (χ1v) is 12.5. The van der Waals surface area contributed by atoms with E-state index in [9.17, 15) is 14.4 Å². The molecule has 4 amide bonds. The van der Waals surface area contributed by atoms with Gasteiger partial charge in [0.15, 0.2) is 11.5 Å². The van der Waals surface area contributed by atoms with Gasteiger partial charge < -0.3 is 14.2 Å². The van der Waals surface area contributed by atoms with Crippen molar-refractivity contribution < 1.29 is 28.6 Å². The lowest BCUT2D eigenvalue weighted by atomic mass is 9.76. The van der Waals surface area contributed by atoms with E-state index in [0.717, 1.165) is 38.7 Å². The number of amides is 4. The monoisotopic (exact) mass is 509 g/mol. The highest BCUT2D eigenvalue weighted by Gasteiger charge is 2.56. The van der Waals surface area contributed by atoms with E-state index in [1.165, 1.54) is 14.1 Å². The molecular weight excluding hydrogens is 474 g/mol. The van der Waals surface area contributed by atoms with Gasteiger partial charge in [0.2, 0.25) is 11.8 Å². The van der Waals surface area contributed by atoms with Crippen molar-refractivity contribution in [3.63, 3.8) is 0 Å². The second-order valence-electron chi connectivity index (χ2n) is 9.65. The molecule has 1 saturated heterocycles. The molecule has 0 aliphatic carbocycles. The molecule has 9 nitrogen and oxygen atoms in total. The predicted molar refractivity (Wildman–Crippen MR) is 138 cm³/mol. The van der Waals surface area contributed by atoms with Gasteiger partial charge in [-0.2, -0.15) is 0 Å². The summed E-state index contributed by atoms with van der Waals surface area (Å²) in [5.41, 5.74) is 1.58. The Hall–Kier alpha value is -3.59. The van der Waals surface area contributed by atoms with Crippen molar-refractivity contribution in [1.82, 2.24) is 14.7 Å². The van der Waals surface area contributed by atoms with Crippen LogP contribution in [0.25, 0.3) is 0 Å². The molecule has 37 heavy (non-hydrogen) atoms. The minimum Gasteiger partial charge on any atom is -0.494 e. The number of fused-ring (bicyclic) bond motifs is 1. The van der Waals surface area contributed by atoms with Crippen molar-refractivity contribution in [3.8, 4) is 17.2 Å². The molecule has 0 saturated carbocycles. The van der Waals surface area contributed by atoms with Gasteiger partial charge in [0, 0.05) is 33.2 Å². The Morgan fingerprint density at radius 3 is 2.11 bits per heavy atom. The zero-order valence-electron chi connectivity index (χ0n) is 22.4. The number of nitrogens with zero attached hydrogens (tertiary/aromatic N) is 3. The van der Waals surface area contributed by atoms with Crippen LogP contribution in [0.3, 0.4) is 0 Å². The Kier molecular flexibility index (Phi) is 7.45. The number of imide groups is 2. The van der Waals surface area contributed by atoms with Gasteiger partial charge in [-0.05, 0) is 67.6 Å². The van der Waals surface area contributed by atoms with Crippen LogP contribution in [-0.4, -0.2) is 80.6 Å². The van der Waals surface area contributed by atoms with Crippen molar-refractivity contribution in [2.24, 2.45) is 5.41 Å². The third-order valence-corrected chi connectivity index (χ3v) is 7.53. The number of barbiturate groups is 1. The largest absolute Gasteiger partial charge is 0.494 e. The SMILES string of the molecule is CCOc1ccc(CC2(CN3CCc4cc(OC)c(OC)cc4[C@@H]3C)C(=O)N(C)C(=O)N(C)C2=O)cc1. The van der Waals surface area contributed by atoms with E-state index in [-0.39, 0.29) is 19.0 Å². The topological polar surface area (TPSA) is 88.6 Å². The Balaban J connectivity index is 1.72. The Morgan fingerprint density at radius 1 is 0.946 bits per heavy atom. The zero-order chi connectivity index (χ0) is 26.9. The van der Waals surface area contributed by atoms with Gasteiger partial charge >= 0.3 is 6.03 Å². The van der Waals surface area contributed by atoms with Crippen LogP contribution in [0.2, 0.25) is 0 Å². The zero-order valence-corrected chi connectivity index (χ0v) is 22.4. The number of benzene rings is 2. The number of ether oxygens (including phenoxy) is 3. The van der Waals surface area contributed by atoms with Crippen LogP contribution in [-0.2, 0) is 22.4 Å². The number of urea groups is 1.